The van der Waals surface area contributed by atoms with E-state index in [1.165, 1.54) is 44.8 Å². The van der Waals surface area contributed by atoms with Gasteiger partial charge in [0.25, 0.3) is 0 Å². The third kappa shape index (κ3) is 3.15. The fourth-order valence-electron chi connectivity index (χ4n) is 4.46. The van der Waals surface area contributed by atoms with Gasteiger partial charge in [0.15, 0.2) is 0 Å². The first-order chi connectivity index (χ1) is 14.0. The molecule has 0 aromatic heterocycles. The highest BCUT2D eigenvalue weighted by molar-refractivity contribution is 6.01. The lowest BCUT2D eigenvalue weighted by atomic mass is 9.83. The molecule has 2 aliphatic heterocycles. The summed E-state index contributed by atoms with van der Waals surface area (Å²) in [6, 6.07) is 26.2. The summed E-state index contributed by atoms with van der Waals surface area (Å²) in [5.41, 5.74) is 9.87. The van der Waals surface area contributed by atoms with Crippen LogP contribution in [0, 0.1) is 0 Å². The van der Waals surface area contributed by atoms with Crippen LogP contribution in [0.15, 0.2) is 84.9 Å². The standard InChI is InChI=1S/C27H26N2/c1-18-16-23(19-10-6-4-7-11-19)21-14-15-22-24(20-12-8-5-9-13-20)17-27(2,3)29-26(22)25(21)28-18/h4-18,28-29H,1-3H3. The lowest BCUT2D eigenvalue weighted by molar-refractivity contribution is 0.708. The fourth-order valence-corrected chi connectivity index (χ4v) is 4.46. The van der Waals surface area contributed by atoms with Crippen molar-refractivity contribution in [2.75, 3.05) is 10.6 Å². The van der Waals surface area contributed by atoms with E-state index in [4.69, 9.17) is 0 Å². The van der Waals surface area contributed by atoms with E-state index in [9.17, 15) is 0 Å². The first kappa shape index (κ1) is 17.8. The predicted octanol–water partition coefficient (Wildman–Crippen LogP) is 6.57. The van der Waals surface area contributed by atoms with Gasteiger partial charge in [0, 0.05) is 17.2 Å². The molecule has 0 bridgehead atoms. The number of benzene rings is 3. The van der Waals surface area contributed by atoms with E-state index in [1.54, 1.807) is 0 Å². The van der Waals surface area contributed by atoms with Gasteiger partial charge in [-0.15, -0.1) is 0 Å². The van der Waals surface area contributed by atoms with E-state index in [0.29, 0.717) is 0 Å². The number of hydrogen-bond donors (Lipinski definition) is 2. The molecule has 2 heterocycles. The van der Waals surface area contributed by atoms with Crippen LogP contribution in [0.1, 0.15) is 43.0 Å². The molecule has 0 saturated heterocycles. The number of rotatable bonds is 2. The SMILES string of the molecule is CC1C=C(c2ccccc2)c2ccc3c(c2N1)NC(C)(C)C=C3c1ccccc1. The van der Waals surface area contributed by atoms with Crippen molar-refractivity contribution < 1.29 is 0 Å². The normalized spacial score (nSPS) is 19.1. The number of anilines is 2. The van der Waals surface area contributed by atoms with Crippen molar-refractivity contribution in [1.82, 2.24) is 0 Å². The third-order valence-electron chi connectivity index (χ3n) is 5.70. The van der Waals surface area contributed by atoms with Gasteiger partial charge in [-0.1, -0.05) is 84.9 Å². The minimum atomic E-state index is -0.133. The van der Waals surface area contributed by atoms with Crippen LogP contribution in [0.2, 0.25) is 0 Å². The lowest BCUT2D eigenvalue weighted by Gasteiger charge is -2.37. The number of hydrogen-bond acceptors (Lipinski definition) is 2. The van der Waals surface area contributed by atoms with Gasteiger partial charge in [0.1, 0.15) is 0 Å². The highest BCUT2D eigenvalue weighted by Gasteiger charge is 2.30. The molecule has 1 atom stereocenters. The molecule has 2 nitrogen and oxygen atoms in total. The Bertz CT molecular complexity index is 1120. The summed E-state index contributed by atoms with van der Waals surface area (Å²) in [4.78, 5) is 0. The molecular weight excluding hydrogens is 352 g/mol. The van der Waals surface area contributed by atoms with E-state index in [2.05, 4.69) is 116 Å². The maximum Gasteiger partial charge on any atom is 0.0668 e. The van der Waals surface area contributed by atoms with Gasteiger partial charge < -0.3 is 10.6 Å². The van der Waals surface area contributed by atoms with Crippen molar-refractivity contribution in [2.24, 2.45) is 0 Å². The van der Waals surface area contributed by atoms with Crippen molar-refractivity contribution in [3.8, 4) is 0 Å². The van der Waals surface area contributed by atoms with Crippen molar-refractivity contribution in [2.45, 2.75) is 32.4 Å². The summed E-state index contributed by atoms with van der Waals surface area (Å²) < 4.78 is 0. The Morgan fingerprint density at radius 3 is 1.86 bits per heavy atom. The molecule has 0 saturated carbocycles. The molecule has 144 valence electrons. The molecule has 2 N–H and O–H groups in total. The van der Waals surface area contributed by atoms with E-state index < -0.39 is 0 Å². The minimum Gasteiger partial charge on any atom is -0.377 e. The van der Waals surface area contributed by atoms with Crippen LogP contribution >= 0.6 is 0 Å². The average Bonchev–Trinajstić information content (AvgIpc) is 2.73. The third-order valence-corrected chi connectivity index (χ3v) is 5.70. The Morgan fingerprint density at radius 2 is 1.24 bits per heavy atom. The smallest absolute Gasteiger partial charge is 0.0668 e. The van der Waals surface area contributed by atoms with Gasteiger partial charge in [-0.2, -0.15) is 0 Å². The number of nitrogens with one attached hydrogen (secondary N) is 2. The maximum absolute atomic E-state index is 3.79. The average molecular weight is 379 g/mol. The Morgan fingerprint density at radius 1 is 0.690 bits per heavy atom. The first-order valence-corrected chi connectivity index (χ1v) is 10.3. The van der Waals surface area contributed by atoms with Gasteiger partial charge in [0.2, 0.25) is 0 Å². The van der Waals surface area contributed by atoms with Crippen molar-refractivity contribution in [3.05, 3.63) is 107 Å². The second kappa shape index (κ2) is 6.66. The van der Waals surface area contributed by atoms with Gasteiger partial charge in [-0.3, -0.25) is 0 Å². The first-order valence-electron chi connectivity index (χ1n) is 10.3. The van der Waals surface area contributed by atoms with Crippen LogP contribution in [0.3, 0.4) is 0 Å². The van der Waals surface area contributed by atoms with E-state index in [0.717, 1.165) is 0 Å². The Balaban J connectivity index is 1.71. The summed E-state index contributed by atoms with van der Waals surface area (Å²) in [7, 11) is 0. The zero-order valence-corrected chi connectivity index (χ0v) is 17.2. The molecule has 2 aliphatic rings. The summed E-state index contributed by atoms with van der Waals surface area (Å²) in [5.74, 6) is 0. The van der Waals surface area contributed by atoms with Crippen molar-refractivity contribution >= 4 is 22.5 Å². The topological polar surface area (TPSA) is 24.1 Å². The van der Waals surface area contributed by atoms with E-state index in [-0.39, 0.29) is 11.6 Å². The van der Waals surface area contributed by atoms with Gasteiger partial charge in [-0.05, 0) is 43.0 Å². The minimum absolute atomic E-state index is 0.133. The van der Waals surface area contributed by atoms with Gasteiger partial charge >= 0.3 is 0 Å². The Hall–Kier alpha value is -3.26. The van der Waals surface area contributed by atoms with Gasteiger partial charge in [-0.25, -0.2) is 0 Å². The zero-order chi connectivity index (χ0) is 20.0. The second-order valence-corrected chi connectivity index (χ2v) is 8.56. The summed E-state index contributed by atoms with van der Waals surface area (Å²) in [5, 5.41) is 7.52. The maximum atomic E-state index is 3.79. The highest BCUT2D eigenvalue weighted by atomic mass is 15.0. The van der Waals surface area contributed by atoms with Crippen LogP contribution in [0.5, 0.6) is 0 Å². The van der Waals surface area contributed by atoms with Gasteiger partial charge in [0.05, 0.1) is 16.9 Å². The Kier molecular flexibility index (Phi) is 4.09. The second-order valence-electron chi connectivity index (χ2n) is 8.56. The monoisotopic (exact) mass is 378 g/mol. The molecule has 2 heteroatoms. The molecular formula is C27H26N2. The largest absolute Gasteiger partial charge is 0.377 e. The molecule has 0 fully saturated rings. The quantitative estimate of drug-likeness (QED) is 0.527. The molecule has 1 unspecified atom stereocenters. The van der Waals surface area contributed by atoms with E-state index >= 15 is 0 Å². The van der Waals surface area contributed by atoms with E-state index in [1.807, 2.05) is 0 Å². The number of fused-ring (bicyclic) bond motifs is 3. The molecule has 0 radical (unpaired) electrons. The van der Waals surface area contributed by atoms with Crippen molar-refractivity contribution in [1.29, 1.82) is 0 Å². The summed E-state index contributed by atoms with van der Waals surface area (Å²) in [6.07, 6.45) is 4.67. The Labute approximate surface area is 173 Å². The van der Waals surface area contributed by atoms with Crippen LogP contribution in [0.4, 0.5) is 11.4 Å². The van der Waals surface area contributed by atoms with Crippen LogP contribution in [-0.2, 0) is 0 Å². The molecule has 3 aromatic rings. The molecule has 29 heavy (non-hydrogen) atoms. The highest BCUT2D eigenvalue weighted by Crippen LogP contribution is 2.47. The van der Waals surface area contributed by atoms with Crippen LogP contribution in [0.25, 0.3) is 11.1 Å². The van der Waals surface area contributed by atoms with Crippen LogP contribution in [-0.4, -0.2) is 11.6 Å². The summed E-state index contributed by atoms with van der Waals surface area (Å²) in [6.45, 7) is 6.68. The lowest BCUT2D eigenvalue weighted by Crippen LogP contribution is -2.33. The predicted molar refractivity (Wildman–Crippen MR) is 124 cm³/mol. The molecule has 0 amide bonds. The summed E-state index contributed by atoms with van der Waals surface area (Å²) >= 11 is 0. The zero-order valence-electron chi connectivity index (χ0n) is 17.2. The molecule has 0 aliphatic carbocycles. The van der Waals surface area contributed by atoms with Crippen LogP contribution < -0.4 is 10.6 Å². The molecule has 5 rings (SSSR count). The molecule has 3 aromatic carbocycles. The van der Waals surface area contributed by atoms with Crippen molar-refractivity contribution in [3.63, 3.8) is 0 Å². The molecule has 0 spiro atoms. The fraction of sp³-hybridized carbons (Fsp3) is 0.185.